The molecule has 0 saturated carbocycles. The van der Waals surface area contributed by atoms with Crippen molar-refractivity contribution in [1.82, 2.24) is 5.32 Å². The Balaban J connectivity index is 1.67. The van der Waals surface area contributed by atoms with Gasteiger partial charge in [-0.15, -0.1) is 11.8 Å². The van der Waals surface area contributed by atoms with Crippen molar-refractivity contribution < 1.29 is 14.3 Å². The predicted molar refractivity (Wildman–Crippen MR) is 126 cm³/mol. The number of para-hydroxylation sites is 1. The highest BCUT2D eigenvalue weighted by atomic mass is 32.2. The summed E-state index contributed by atoms with van der Waals surface area (Å²) >= 11 is 1.56. The standard InChI is InChI=1S/C25H26N2O3S/c1-30-17-16-26-25(29)21-14-8-9-15-22(21)27-23(28)18-31-24(19-10-4-2-5-11-19)20-12-6-3-7-13-20/h2-15,24H,16-18H2,1H3,(H,26,29)(H,27,28). The quantitative estimate of drug-likeness (QED) is 0.460. The molecule has 0 aliphatic heterocycles. The van der Waals surface area contributed by atoms with Crippen LogP contribution in [0, 0.1) is 0 Å². The van der Waals surface area contributed by atoms with E-state index in [-0.39, 0.29) is 22.8 Å². The smallest absolute Gasteiger partial charge is 0.253 e. The van der Waals surface area contributed by atoms with Crippen molar-refractivity contribution in [3.8, 4) is 0 Å². The van der Waals surface area contributed by atoms with Crippen molar-refractivity contribution in [3.05, 3.63) is 102 Å². The maximum atomic E-state index is 12.7. The summed E-state index contributed by atoms with van der Waals surface area (Å²) in [5, 5.41) is 5.72. The first-order valence-electron chi connectivity index (χ1n) is 10.1. The summed E-state index contributed by atoms with van der Waals surface area (Å²) in [7, 11) is 1.58. The van der Waals surface area contributed by atoms with E-state index in [0.29, 0.717) is 24.4 Å². The van der Waals surface area contributed by atoms with Gasteiger partial charge in [-0.2, -0.15) is 0 Å². The van der Waals surface area contributed by atoms with Gasteiger partial charge in [0, 0.05) is 13.7 Å². The van der Waals surface area contributed by atoms with Gasteiger partial charge in [0.15, 0.2) is 0 Å². The molecular formula is C25H26N2O3S. The Kier molecular flexibility index (Phi) is 8.70. The number of hydrogen-bond acceptors (Lipinski definition) is 4. The second kappa shape index (κ2) is 11.9. The third-order valence-electron chi connectivity index (χ3n) is 4.62. The van der Waals surface area contributed by atoms with Gasteiger partial charge in [0.2, 0.25) is 5.91 Å². The average Bonchev–Trinajstić information content (AvgIpc) is 2.81. The van der Waals surface area contributed by atoms with Crippen molar-refractivity contribution in [2.45, 2.75) is 5.25 Å². The summed E-state index contributed by atoms with van der Waals surface area (Å²) < 4.78 is 4.96. The van der Waals surface area contributed by atoms with Gasteiger partial charge in [0.1, 0.15) is 0 Å². The second-order valence-corrected chi connectivity index (χ2v) is 7.95. The van der Waals surface area contributed by atoms with Crippen molar-refractivity contribution in [2.75, 3.05) is 31.3 Å². The van der Waals surface area contributed by atoms with E-state index >= 15 is 0 Å². The Hall–Kier alpha value is -3.09. The molecule has 0 unspecified atom stereocenters. The van der Waals surface area contributed by atoms with Crippen molar-refractivity contribution in [3.63, 3.8) is 0 Å². The molecule has 5 nitrogen and oxygen atoms in total. The number of hydrogen-bond donors (Lipinski definition) is 2. The molecule has 3 aromatic carbocycles. The SMILES string of the molecule is COCCNC(=O)c1ccccc1NC(=O)CSC(c1ccccc1)c1ccccc1. The molecule has 0 fully saturated rings. The predicted octanol–water partition coefficient (Wildman–Crippen LogP) is 4.52. The molecule has 0 atom stereocenters. The van der Waals surface area contributed by atoms with Crippen molar-refractivity contribution in [2.24, 2.45) is 0 Å². The fraction of sp³-hybridized carbons (Fsp3) is 0.200. The summed E-state index contributed by atoms with van der Waals surface area (Å²) in [6, 6.07) is 27.3. The highest BCUT2D eigenvalue weighted by molar-refractivity contribution is 8.00. The molecule has 0 bridgehead atoms. The minimum Gasteiger partial charge on any atom is -0.383 e. The monoisotopic (exact) mass is 434 g/mol. The number of anilines is 1. The third kappa shape index (κ3) is 6.70. The molecule has 0 radical (unpaired) electrons. The zero-order valence-electron chi connectivity index (χ0n) is 17.4. The van der Waals surface area contributed by atoms with Gasteiger partial charge in [-0.05, 0) is 23.3 Å². The number of ether oxygens (including phenoxy) is 1. The number of amides is 2. The maximum Gasteiger partial charge on any atom is 0.253 e. The zero-order valence-corrected chi connectivity index (χ0v) is 18.2. The first-order chi connectivity index (χ1) is 15.2. The van der Waals surface area contributed by atoms with E-state index < -0.39 is 0 Å². The minimum atomic E-state index is -0.243. The highest BCUT2D eigenvalue weighted by Gasteiger charge is 2.18. The molecule has 160 valence electrons. The largest absolute Gasteiger partial charge is 0.383 e. The van der Waals surface area contributed by atoms with Crippen LogP contribution in [0.2, 0.25) is 0 Å². The number of carbonyl (C=O) groups excluding carboxylic acids is 2. The lowest BCUT2D eigenvalue weighted by atomic mass is 10.0. The number of nitrogens with one attached hydrogen (secondary N) is 2. The van der Waals surface area contributed by atoms with Crippen LogP contribution in [-0.2, 0) is 9.53 Å². The molecular weight excluding hydrogens is 408 g/mol. The molecule has 2 amide bonds. The van der Waals surface area contributed by atoms with E-state index in [4.69, 9.17) is 4.74 Å². The van der Waals surface area contributed by atoms with Gasteiger partial charge < -0.3 is 15.4 Å². The van der Waals surface area contributed by atoms with Crippen molar-refractivity contribution in [1.29, 1.82) is 0 Å². The van der Waals surface area contributed by atoms with E-state index in [9.17, 15) is 9.59 Å². The van der Waals surface area contributed by atoms with Crippen LogP contribution in [0.4, 0.5) is 5.69 Å². The summed E-state index contributed by atoms with van der Waals surface area (Å²) in [6.45, 7) is 0.834. The summed E-state index contributed by atoms with van der Waals surface area (Å²) in [4.78, 5) is 25.2. The van der Waals surface area contributed by atoms with E-state index in [1.54, 1.807) is 43.1 Å². The van der Waals surface area contributed by atoms with Crippen LogP contribution in [0.3, 0.4) is 0 Å². The van der Waals surface area contributed by atoms with Gasteiger partial charge in [-0.3, -0.25) is 9.59 Å². The Bertz CT molecular complexity index is 941. The molecule has 2 N–H and O–H groups in total. The molecule has 6 heteroatoms. The van der Waals surface area contributed by atoms with Crippen LogP contribution < -0.4 is 10.6 Å². The second-order valence-electron chi connectivity index (χ2n) is 6.85. The summed E-state index contributed by atoms with van der Waals surface area (Å²) in [6.07, 6.45) is 0. The lowest BCUT2D eigenvalue weighted by Gasteiger charge is -2.18. The van der Waals surface area contributed by atoms with Crippen LogP contribution >= 0.6 is 11.8 Å². The number of carbonyl (C=O) groups is 2. The van der Waals surface area contributed by atoms with Gasteiger partial charge in [0.25, 0.3) is 5.91 Å². The highest BCUT2D eigenvalue weighted by Crippen LogP contribution is 2.35. The number of benzene rings is 3. The zero-order chi connectivity index (χ0) is 21.9. The van der Waals surface area contributed by atoms with Crippen LogP contribution in [0.15, 0.2) is 84.9 Å². The van der Waals surface area contributed by atoms with Gasteiger partial charge in [0.05, 0.1) is 28.9 Å². The van der Waals surface area contributed by atoms with E-state index in [1.165, 1.54) is 0 Å². The van der Waals surface area contributed by atoms with Crippen LogP contribution in [0.1, 0.15) is 26.7 Å². The number of methoxy groups -OCH3 is 1. The minimum absolute atomic E-state index is 0.0423. The molecule has 0 heterocycles. The average molecular weight is 435 g/mol. The third-order valence-corrected chi connectivity index (χ3v) is 5.93. The molecule has 3 rings (SSSR count). The first-order valence-corrected chi connectivity index (χ1v) is 11.1. The van der Waals surface area contributed by atoms with Crippen molar-refractivity contribution >= 4 is 29.3 Å². The van der Waals surface area contributed by atoms with Gasteiger partial charge in [-0.25, -0.2) is 0 Å². The van der Waals surface area contributed by atoms with E-state index in [0.717, 1.165) is 11.1 Å². The van der Waals surface area contributed by atoms with Crippen LogP contribution in [-0.4, -0.2) is 37.8 Å². The molecule has 0 saturated heterocycles. The van der Waals surface area contributed by atoms with Crippen LogP contribution in [0.5, 0.6) is 0 Å². The van der Waals surface area contributed by atoms with E-state index in [2.05, 4.69) is 34.9 Å². The normalized spacial score (nSPS) is 10.6. The Morgan fingerprint density at radius 3 is 2.06 bits per heavy atom. The molecule has 3 aromatic rings. The molecule has 0 aromatic heterocycles. The fourth-order valence-corrected chi connectivity index (χ4v) is 4.23. The summed E-state index contributed by atoms with van der Waals surface area (Å²) in [5.74, 6) is -0.139. The Labute approximate surface area is 187 Å². The molecule has 31 heavy (non-hydrogen) atoms. The molecule has 0 aliphatic carbocycles. The molecule has 0 spiro atoms. The van der Waals surface area contributed by atoms with E-state index in [1.807, 2.05) is 36.4 Å². The van der Waals surface area contributed by atoms with Gasteiger partial charge in [-0.1, -0.05) is 72.8 Å². The lowest BCUT2D eigenvalue weighted by molar-refractivity contribution is -0.113. The Morgan fingerprint density at radius 1 is 0.871 bits per heavy atom. The Morgan fingerprint density at radius 2 is 1.45 bits per heavy atom. The topological polar surface area (TPSA) is 67.4 Å². The van der Waals surface area contributed by atoms with Crippen LogP contribution in [0.25, 0.3) is 0 Å². The molecule has 0 aliphatic rings. The fourth-order valence-electron chi connectivity index (χ4n) is 3.14. The lowest BCUT2D eigenvalue weighted by Crippen LogP contribution is -2.28. The summed E-state index contributed by atoms with van der Waals surface area (Å²) in [5.41, 5.74) is 3.22. The number of rotatable bonds is 10. The maximum absolute atomic E-state index is 12.7. The van der Waals surface area contributed by atoms with Gasteiger partial charge >= 0.3 is 0 Å². The first kappa shape index (κ1) is 22.6. The number of thioether (sulfide) groups is 1.